The van der Waals surface area contributed by atoms with E-state index in [1.54, 1.807) is 25.1 Å². The molecule has 0 spiro atoms. The molecule has 30 heavy (non-hydrogen) atoms. The number of nitrogens with one attached hydrogen (secondary N) is 1. The molecule has 1 aromatic heterocycles. The number of hydrazone groups is 1. The summed E-state index contributed by atoms with van der Waals surface area (Å²) in [6, 6.07) is 14.4. The van der Waals surface area contributed by atoms with Crippen molar-refractivity contribution in [3.63, 3.8) is 0 Å². The van der Waals surface area contributed by atoms with Crippen LogP contribution in [0.15, 0.2) is 62.5 Å². The number of nitrogens with zero attached hydrogens (tertiary/aromatic N) is 1. The van der Waals surface area contributed by atoms with Crippen molar-refractivity contribution in [2.75, 3.05) is 6.61 Å². The number of rotatable bonds is 8. The lowest BCUT2D eigenvalue weighted by Gasteiger charge is -2.14. The second kappa shape index (κ2) is 10.3. The number of aryl methyl sites for hydroxylation is 1. The summed E-state index contributed by atoms with van der Waals surface area (Å²) in [6.07, 6.45) is 1.52. The summed E-state index contributed by atoms with van der Waals surface area (Å²) in [5.41, 5.74) is 4.14. The van der Waals surface area contributed by atoms with Crippen molar-refractivity contribution in [2.24, 2.45) is 5.10 Å². The van der Waals surface area contributed by atoms with Crippen molar-refractivity contribution in [2.45, 2.75) is 20.5 Å². The SMILES string of the molecule is CCOc1cc(/C=N\NC(=O)c2ccc(C)o2)cc(Br)c1OCc1ccc(Cl)cc1. The van der Waals surface area contributed by atoms with Crippen LogP contribution in [0.25, 0.3) is 0 Å². The standard InChI is InChI=1S/C22H20BrClN2O4/c1-3-28-20-11-16(12-25-26-22(27)19-9-4-14(2)30-19)10-18(23)21(20)29-13-15-5-7-17(24)8-6-15/h4-12H,3,13H2,1-2H3,(H,26,27)/b25-12-. The van der Waals surface area contributed by atoms with Crippen LogP contribution in [-0.2, 0) is 6.61 Å². The second-order valence-corrected chi connectivity index (χ2v) is 7.58. The van der Waals surface area contributed by atoms with Gasteiger partial charge in [-0.3, -0.25) is 4.79 Å². The number of ether oxygens (including phenoxy) is 2. The zero-order valence-corrected chi connectivity index (χ0v) is 18.8. The Hall–Kier alpha value is -2.77. The molecule has 0 saturated heterocycles. The summed E-state index contributed by atoms with van der Waals surface area (Å²) in [5, 5.41) is 4.66. The van der Waals surface area contributed by atoms with Crippen LogP contribution in [0.1, 0.15) is 34.4 Å². The first-order chi connectivity index (χ1) is 14.5. The molecule has 3 rings (SSSR count). The van der Waals surface area contributed by atoms with E-state index in [-0.39, 0.29) is 5.76 Å². The average molecular weight is 492 g/mol. The van der Waals surface area contributed by atoms with Crippen molar-refractivity contribution in [3.05, 3.63) is 80.7 Å². The molecule has 156 valence electrons. The first-order valence-corrected chi connectivity index (χ1v) is 10.4. The molecular weight excluding hydrogens is 472 g/mol. The number of hydrogen-bond acceptors (Lipinski definition) is 5. The van der Waals surface area contributed by atoms with Gasteiger partial charge < -0.3 is 13.9 Å². The molecule has 0 unspecified atom stereocenters. The van der Waals surface area contributed by atoms with Gasteiger partial charge in [-0.25, -0.2) is 5.43 Å². The smallest absolute Gasteiger partial charge is 0.307 e. The zero-order chi connectivity index (χ0) is 21.5. The van der Waals surface area contributed by atoms with Crippen LogP contribution in [-0.4, -0.2) is 18.7 Å². The van der Waals surface area contributed by atoms with Crippen molar-refractivity contribution >= 4 is 39.7 Å². The number of furan rings is 1. The third kappa shape index (κ3) is 5.87. The van der Waals surface area contributed by atoms with Gasteiger partial charge in [0.2, 0.25) is 0 Å². The van der Waals surface area contributed by atoms with E-state index < -0.39 is 5.91 Å². The Labute approximate surface area is 188 Å². The predicted octanol–water partition coefficient (Wildman–Crippen LogP) is 5.75. The lowest BCUT2D eigenvalue weighted by molar-refractivity contribution is 0.0926. The Balaban J connectivity index is 1.71. The number of hydrogen-bond donors (Lipinski definition) is 1. The van der Waals surface area contributed by atoms with Gasteiger partial charge in [-0.05, 0) is 77.3 Å². The molecule has 0 aliphatic rings. The van der Waals surface area contributed by atoms with Gasteiger partial charge in [-0.2, -0.15) is 5.10 Å². The Morgan fingerprint density at radius 1 is 1.20 bits per heavy atom. The van der Waals surface area contributed by atoms with Gasteiger partial charge in [0.15, 0.2) is 17.3 Å². The quantitative estimate of drug-likeness (QED) is 0.322. The number of benzene rings is 2. The fraction of sp³-hybridized carbons (Fsp3) is 0.182. The van der Waals surface area contributed by atoms with Crippen LogP contribution < -0.4 is 14.9 Å². The molecule has 1 heterocycles. The predicted molar refractivity (Wildman–Crippen MR) is 120 cm³/mol. The summed E-state index contributed by atoms with van der Waals surface area (Å²) in [7, 11) is 0. The van der Waals surface area contributed by atoms with E-state index in [0.717, 1.165) is 11.1 Å². The number of carbonyl (C=O) groups excluding carboxylic acids is 1. The summed E-state index contributed by atoms with van der Waals surface area (Å²) < 4.78 is 17.7. The van der Waals surface area contributed by atoms with Gasteiger partial charge in [-0.1, -0.05) is 23.7 Å². The minimum absolute atomic E-state index is 0.201. The highest BCUT2D eigenvalue weighted by molar-refractivity contribution is 9.10. The van der Waals surface area contributed by atoms with Crippen molar-refractivity contribution in [1.82, 2.24) is 5.43 Å². The molecule has 6 nitrogen and oxygen atoms in total. The number of amides is 1. The lowest BCUT2D eigenvalue weighted by atomic mass is 10.2. The largest absolute Gasteiger partial charge is 0.490 e. The number of halogens is 2. The summed E-state index contributed by atoms with van der Waals surface area (Å²) in [6.45, 7) is 4.49. The van der Waals surface area contributed by atoms with Gasteiger partial charge >= 0.3 is 5.91 Å². The normalized spacial score (nSPS) is 10.9. The fourth-order valence-corrected chi connectivity index (χ4v) is 3.28. The molecule has 8 heteroatoms. The minimum Gasteiger partial charge on any atom is -0.490 e. The molecule has 1 amide bonds. The van der Waals surface area contributed by atoms with E-state index in [4.69, 9.17) is 25.5 Å². The maximum Gasteiger partial charge on any atom is 0.307 e. The average Bonchev–Trinajstić information content (AvgIpc) is 3.15. The molecule has 0 aliphatic carbocycles. The highest BCUT2D eigenvalue weighted by atomic mass is 79.9. The van der Waals surface area contributed by atoms with Crippen LogP contribution in [0, 0.1) is 6.92 Å². The molecule has 1 N–H and O–H groups in total. The van der Waals surface area contributed by atoms with Crippen molar-refractivity contribution in [1.29, 1.82) is 0 Å². The Morgan fingerprint density at radius 2 is 1.97 bits per heavy atom. The fourth-order valence-electron chi connectivity index (χ4n) is 2.58. The van der Waals surface area contributed by atoms with E-state index in [0.29, 0.717) is 40.0 Å². The van der Waals surface area contributed by atoms with Crippen LogP contribution in [0.5, 0.6) is 11.5 Å². The molecule has 0 aliphatic heterocycles. The van der Waals surface area contributed by atoms with Crippen LogP contribution in [0.2, 0.25) is 5.02 Å². The van der Waals surface area contributed by atoms with E-state index >= 15 is 0 Å². The van der Waals surface area contributed by atoms with Crippen molar-refractivity contribution in [3.8, 4) is 11.5 Å². The molecule has 3 aromatic rings. The highest BCUT2D eigenvalue weighted by Gasteiger charge is 2.13. The number of carbonyl (C=O) groups is 1. The third-order valence-corrected chi connectivity index (χ3v) is 4.81. The zero-order valence-electron chi connectivity index (χ0n) is 16.4. The van der Waals surface area contributed by atoms with E-state index in [1.165, 1.54) is 6.21 Å². The summed E-state index contributed by atoms with van der Waals surface area (Å²) in [5.74, 6) is 1.58. The van der Waals surface area contributed by atoms with Crippen LogP contribution in [0.4, 0.5) is 0 Å². The molecule has 0 atom stereocenters. The van der Waals surface area contributed by atoms with E-state index in [9.17, 15) is 4.79 Å². The molecular formula is C22H20BrClN2O4. The Morgan fingerprint density at radius 3 is 2.63 bits per heavy atom. The van der Waals surface area contributed by atoms with Crippen molar-refractivity contribution < 1.29 is 18.7 Å². The Kier molecular flexibility index (Phi) is 7.54. The minimum atomic E-state index is -0.425. The summed E-state index contributed by atoms with van der Waals surface area (Å²) in [4.78, 5) is 12.0. The second-order valence-electron chi connectivity index (χ2n) is 6.29. The van der Waals surface area contributed by atoms with Crippen LogP contribution >= 0.6 is 27.5 Å². The first-order valence-electron chi connectivity index (χ1n) is 9.19. The maximum atomic E-state index is 12.0. The van der Waals surface area contributed by atoms with Gasteiger partial charge in [0.1, 0.15) is 12.4 Å². The van der Waals surface area contributed by atoms with Gasteiger partial charge in [-0.15, -0.1) is 0 Å². The molecule has 0 radical (unpaired) electrons. The van der Waals surface area contributed by atoms with E-state index in [2.05, 4.69) is 26.5 Å². The molecule has 0 saturated carbocycles. The van der Waals surface area contributed by atoms with Crippen LogP contribution in [0.3, 0.4) is 0 Å². The van der Waals surface area contributed by atoms with Gasteiger partial charge in [0.05, 0.1) is 17.3 Å². The highest BCUT2D eigenvalue weighted by Crippen LogP contribution is 2.37. The topological polar surface area (TPSA) is 73.1 Å². The Bertz CT molecular complexity index is 1050. The van der Waals surface area contributed by atoms with Gasteiger partial charge in [0, 0.05) is 5.02 Å². The van der Waals surface area contributed by atoms with E-state index in [1.807, 2.05) is 37.3 Å². The first kappa shape index (κ1) is 21.9. The van der Waals surface area contributed by atoms with Gasteiger partial charge in [0.25, 0.3) is 0 Å². The third-order valence-electron chi connectivity index (χ3n) is 3.97. The monoisotopic (exact) mass is 490 g/mol. The summed E-state index contributed by atoms with van der Waals surface area (Å²) >= 11 is 9.45. The molecule has 0 bridgehead atoms. The molecule has 0 fully saturated rings. The maximum absolute atomic E-state index is 12.0. The molecule has 2 aromatic carbocycles. The lowest BCUT2D eigenvalue weighted by Crippen LogP contribution is -2.16.